The first-order valence-electron chi connectivity index (χ1n) is 4.84. The lowest BCUT2D eigenvalue weighted by Gasteiger charge is -2.13. The van der Waals surface area contributed by atoms with Crippen LogP contribution < -0.4 is 10.1 Å². The second kappa shape index (κ2) is 5.93. The molecule has 0 aromatic heterocycles. The van der Waals surface area contributed by atoms with Gasteiger partial charge in [0, 0.05) is 16.6 Å². The van der Waals surface area contributed by atoms with E-state index in [1.807, 2.05) is 26.1 Å². The molecule has 0 bridgehead atoms. The van der Waals surface area contributed by atoms with Crippen molar-refractivity contribution in [2.45, 2.75) is 13.5 Å². The fraction of sp³-hybridized carbons (Fsp3) is 0.333. The summed E-state index contributed by atoms with van der Waals surface area (Å²) in [5, 5.41) is 3.13. The Morgan fingerprint density at radius 3 is 2.87 bits per heavy atom. The van der Waals surface area contributed by atoms with Crippen molar-refractivity contribution >= 4 is 15.9 Å². The van der Waals surface area contributed by atoms with Gasteiger partial charge in [0.15, 0.2) is 0 Å². The van der Waals surface area contributed by atoms with Gasteiger partial charge in [-0.05, 0) is 19.5 Å². The van der Waals surface area contributed by atoms with E-state index in [2.05, 4.69) is 33.9 Å². The molecule has 1 N–H and O–H groups in total. The third kappa shape index (κ3) is 3.68. The molecule has 0 aliphatic rings. The van der Waals surface area contributed by atoms with Gasteiger partial charge in [0.05, 0.1) is 0 Å². The molecule has 2 nitrogen and oxygen atoms in total. The van der Waals surface area contributed by atoms with Crippen LogP contribution in [0.25, 0.3) is 0 Å². The summed E-state index contributed by atoms with van der Waals surface area (Å²) in [5.41, 5.74) is 2.32. The molecular formula is C12H16BrNO. The molecule has 0 radical (unpaired) electrons. The molecule has 1 aromatic carbocycles. The Morgan fingerprint density at radius 2 is 2.27 bits per heavy atom. The van der Waals surface area contributed by atoms with Gasteiger partial charge in [-0.1, -0.05) is 40.7 Å². The molecule has 0 heterocycles. The molecule has 0 atom stereocenters. The van der Waals surface area contributed by atoms with Crippen LogP contribution in [0.3, 0.4) is 0 Å². The van der Waals surface area contributed by atoms with Gasteiger partial charge < -0.3 is 10.1 Å². The van der Waals surface area contributed by atoms with Gasteiger partial charge >= 0.3 is 0 Å². The van der Waals surface area contributed by atoms with Crippen molar-refractivity contribution in [3.63, 3.8) is 0 Å². The number of rotatable bonds is 5. The highest BCUT2D eigenvalue weighted by atomic mass is 79.9. The van der Waals surface area contributed by atoms with Crippen LogP contribution in [0.4, 0.5) is 0 Å². The highest BCUT2D eigenvalue weighted by Gasteiger charge is 2.06. The molecule has 0 aliphatic carbocycles. The summed E-state index contributed by atoms with van der Waals surface area (Å²) < 4.78 is 6.54. The standard InChI is InChI=1S/C12H16BrNO/c1-9-5-4-6-11(7-14-3)12(9)15-8-10(2)13/h4-6,14H,2,7-8H2,1,3H3. The van der Waals surface area contributed by atoms with Gasteiger partial charge in [-0.2, -0.15) is 0 Å². The normalized spacial score (nSPS) is 10.1. The van der Waals surface area contributed by atoms with Crippen molar-refractivity contribution in [1.29, 1.82) is 0 Å². The Hall–Kier alpha value is -0.800. The molecule has 1 rings (SSSR count). The van der Waals surface area contributed by atoms with E-state index < -0.39 is 0 Å². The second-order valence-electron chi connectivity index (χ2n) is 3.40. The van der Waals surface area contributed by atoms with Crippen molar-refractivity contribution in [2.24, 2.45) is 0 Å². The summed E-state index contributed by atoms with van der Waals surface area (Å²) >= 11 is 3.28. The van der Waals surface area contributed by atoms with Crippen LogP contribution in [0.2, 0.25) is 0 Å². The Kier molecular flexibility index (Phi) is 4.85. The first-order valence-corrected chi connectivity index (χ1v) is 5.63. The highest BCUT2D eigenvalue weighted by molar-refractivity contribution is 9.11. The summed E-state index contributed by atoms with van der Waals surface area (Å²) in [6, 6.07) is 6.15. The molecule has 0 fully saturated rings. The van der Waals surface area contributed by atoms with E-state index in [1.165, 1.54) is 5.56 Å². The first kappa shape index (κ1) is 12.3. The van der Waals surface area contributed by atoms with E-state index in [-0.39, 0.29) is 0 Å². The third-order valence-corrected chi connectivity index (χ3v) is 2.26. The molecule has 3 heteroatoms. The van der Waals surface area contributed by atoms with Gasteiger partial charge in [-0.3, -0.25) is 0 Å². The topological polar surface area (TPSA) is 21.3 Å². The van der Waals surface area contributed by atoms with Gasteiger partial charge in [-0.25, -0.2) is 0 Å². The molecule has 0 saturated heterocycles. The third-order valence-electron chi connectivity index (χ3n) is 2.03. The van der Waals surface area contributed by atoms with Crippen molar-refractivity contribution in [3.05, 3.63) is 40.4 Å². The van der Waals surface area contributed by atoms with E-state index in [0.29, 0.717) is 6.61 Å². The minimum Gasteiger partial charge on any atom is -0.488 e. The van der Waals surface area contributed by atoms with Gasteiger partial charge in [0.25, 0.3) is 0 Å². The average molecular weight is 270 g/mol. The van der Waals surface area contributed by atoms with E-state index in [4.69, 9.17) is 4.74 Å². The number of para-hydroxylation sites is 1. The van der Waals surface area contributed by atoms with E-state index in [1.54, 1.807) is 0 Å². The Morgan fingerprint density at radius 1 is 1.53 bits per heavy atom. The van der Waals surface area contributed by atoms with Crippen LogP contribution >= 0.6 is 15.9 Å². The van der Waals surface area contributed by atoms with Crippen LogP contribution in [-0.2, 0) is 6.54 Å². The number of hydrogen-bond donors (Lipinski definition) is 1. The lowest BCUT2D eigenvalue weighted by atomic mass is 10.1. The highest BCUT2D eigenvalue weighted by Crippen LogP contribution is 2.24. The average Bonchev–Trinajstić information content (AvgIpc) is 2.17. The van der Waals surface area contributed by atoms with Crippen LogP contribution in [-0.4, -0.2) is 13.7 Å². The molecule has 0 aliphatic heterocycles. The van der Waals surface area contributed by atoms with E-state index >= 15 is 0 Å². The Bertz CT molecular complexity index is 349. The molecule has 0 saturated carbocycles. The summed E-state index contributed by atoms with van der Waals surface area (Å²) in [6.07, 6.45) is 0. The minimum absolute atomic E-state index is 0.502. The molecule has 0 spiro atoms. The molecule has 1 aromatic rings. The quantitative estimate of drug-likeness (QED) is 0.888. The zero-order valence-electron chi connectivity index (χ0n) is 9.14. The van der Waals surface area contributed by atoms with Crippen molar-refractivity contribution in [3.8, 4) is 5.75 Å². The molecule has 82 valence electrons. The monoisotopic (exact) mass is 269 g/mol. The summed E-state index contributed by atoms with van der Waals surface area (Å²) in [7, 11) is 1.93. The number of ether oxygens (including phenoxy) is 1. The fourth-order valence-electron chi connectivity index (χ4n) is 1.40. The number of nitrogens with one attached hydrogen (secondary N) is 1. The van der Waals surface area contributed by atoms with Gasteiger partial charge in [0.1, 0.15) is 12.4 Å². The van der Waals surface area contributed by atoms with Crippen LogP contribution in [0, 0.1) is 6.92 Å². The SMILES string of the molecule is C=C(Br)COc1c(C)cccc1CNC. The lowest BCUT2D eigenvalue weighted by molar-refractivity contribution is 0.353. The number of benzene rings is 1. The summed E-state index contributed by atoms with van der Waals surface area (Å²) in [4.78, 5) is 0. The molecule has 0 unspecified atom stereocenters. The minimum atomic E-state index is 0.502. The van der Waals surface area contributed by atoms with Crippen molar-refractivity contribution < 1.29 is 4.74 Å². The predicted molar refractivity (Wildman–Crippen MR) is 67.5 cm³/mol. The molecule has 0 amide bonds. The van der Waals surface area contributed by atoms with Crippen LogP contribution in [0.5, 0.6) is 5.75 Å². The van der Waals surface area contributed by atoms with E-state index in [9.17, 15) is 0 Å². The predicted octanol–water partition coefficient (Wildman–Crippen LogP) is 3.00. The van der Waals surface area contributed by atoms with Gasteiger partial charge in [-0.15, -0.1) is 0 Å². The Balaban J connectivity index is 2.86. The maximum atomic E-state index is 5.70. The van der Waals surface area contributed by atoms with E-state index in [0.717, 1.165) is 22.3 Å². The number of hydrogen-bond acceptors (Lipinski definition) is 2. The maximum Gasteiger partial charge on any atom is 0.127 e. The summed E-state index contributed by atoms with van der Waals surface area (Å²) in [6.45, 7) is 7.11. The second-order valence-corrected chi connectivity index (χ2v) is 4.52. The zero-order valence-corrected chi connectivity index (χ0v) is 10.7. The van der Waals surface area contributed by atoms with Crippen molar-refractivity contribution in [2.75, 3.05) is 13.7 Å². The lowest BCUT2D eigenvalue weighted by Crippen LogP contribution is -2.09. The number of aryl methyl sites for hydroxylation is 1. The molecule has 15 heavy (non-hydrogen) atoms. The van der Waals surface area contributed by atoms with Gasteiger partial charge in [0.2, 0.25) is 0 Å². The Labute approximate surface area is 99.5 Å². The number of halogens is 1. The van der Waals surface area contributed by atoms with Crippen molar-refractivity contribution in [1.82, 2.24) is 5.32 Å². The first-order chi connectivity index (χ1) is 7.15. The largest absolute Gasteiger partial charge is 0.488 e. The smallest absolute Gasteiger partial charge is 0.127 e. The van der Waals surface area contributed by atoms with Crippen LogP contribution in [0.1, 0.15) is 11.1 Å². The van der Waals surface area contributed by atoms with Crippen LogP contribution in [0.15, 0.2) is 29.3 Å². The fourth-order valence-corrected chi connectivity index (χ4v) is 1.51. The summed E-state index contributed by atoms with van der Waals surface area (Å²) in [5.74, 6) is 0.951. The molecular weight excluding hydrogens is 254 g/mol. The maximum absolute atomic E-state index is 5.70. The zero-order chi connectivity index (χ0) is 11.3.